The van der Waals surface area contributed by atoms with Crippen molar-refractivity contribution in [2.24, 2.45) is 5.73 Å². The number of aliphatic hydroxyl groups is 1. The molecule has 0 aliphatic carbocycles. The number of pyridine rings is 2. The normalized spacial score (nSPS) is 19.1. The Balaban J connectivity index is 1.58. The summed E-state index contributed by atoms with van der Waals surface area (Å²) in [6.07, 6.45) is 0.266. The van der Waals surface area contributed by atoms with Crippen LogP contribution in [0, 0.1) is 5.82 Å². The summed E-state index contributed by atoms with van der Waals surface area (Å²) < 4.78 is 42.2. The molecule has 5 rings (SSSR count). The van der Waals surface area contributed by atoms with Crippen LogP contribution in [0.3, 0.4) is 0 Å². The number of nitrogens with two attached hydrogens (primary N) is 2. The maximum Gasteiger partial charge on any atom is 0.265 e. The van der Waals surface area contributed by atoms with Crippen molar-refractivity contribution in [2.75, 3.05) is 23.7 Å². The van der Waals surface area contributed by atoms with Gasteiger partial charge in [-0.1, -0.05) is 11.6 Å². The fourth-order valence-corrected chi connectivity index (χ4v) is 4.76. The lowest BCUT2D eigenvalue weighted by atomic mass is 9.84. The molecule has 194 valence electrons. The van der Waals surface area contributed by atoms with Crippen molar-refractivity contribution in [3.8, 4) is 11.4 Å². The van der Waals surface area contributed by atoms with Crippen molar-refractivity contribution in [1.29, 1.82) is 0 Å². The van der Waals surface area contributed by atoms with Crippen LogP contribution in [0.4, 0.5) is 24.7 Å². The van der Waals surface area contributed by atoms with Crippen molar-refractivity contribution in [3.63, 3.8) is 0 Å². The number of alkyl halides is 2. The first-order chi connectivity index (χ1) is 17.7. The summed E-state index contributed by atoms with van der Waals surface area (Å²) in [5, 5.41) is 9.84. The zero-order valence-electron chi connectivity index (χ0n) is 19.4. The second-order valence-electron chi connectivity index (χ2n) is 9.01. The maximum absolute atomic E-state index is 13.7. The monoisotopic (exact) mass is 533 g/mol. The van der Waals surface area contributed by atoms with Gasteiger partial charge in [0.05, 0.1) is 41.7 Å². The molecule has 37 heavy (non-hydrogen) atoms. The van der Waals surface area contributed by atoms with Crippen LogP contribution in [0.15, 0.2) is 37.1 Å². The third-order valence-electron chi connectivity index (χ3n) is 6.53. The number of fused-ring (bicyclic) bond motifs is 1. The van der Waals surface area contributed by atoms with E-state index in [0.29, 0.717) is 46.8 Å². The van der Waals surface area contributed by atoms with Gasteiger partial charge in [-0.2, -0.15) is 0 Å². The lowest BCUT2D eigenvalue weighted by molar-refractivity contribution is -0.0529. The van der Waals surface area contributed by atoms with Crippen LogP contribution in [-0.2, 0) is 6.54 Å². The molecule has 5 heterocycles. The molecule has 1 fully saturated rings. The molecule has 0 spiro atoms. The standard InChI is InChI=1S/C23H23ClF3N9O/c24-19-13(25)2-3-14(34-19)15-6-12(8-36-11-33-17-21(28)31-10-32-22(17)36)16(7-30-15)35-5-1-4-23(29,9-35)18(37)20(26)27/h2-3,6-7,10-11,18,20,37H,1,4-5,8-9,29H2,(H2,28,31,32)/t18?,23-/m1/s1. The average molecular weight is 534 g/mol. The molecule has 2 atom stereocenters. The van der Waals surface area contributed by atoms with Crippen LogP contribution in [0.25, 0.3) is 22.6 Å². The highest BCUT2D eigenvalue weighted by Gasteiger charge is 2.43. The second-order valence-corrected chi connectivity index (χ2v) is 9.37. The average Bonchev–Trinajstić information content (AvgIpc) is 3.29. The fraction of sp³-hybridized carbons (Fsp3) is 0.348. The number of rotatable bonds is 6. The van der Waals surface area contributed by atoms with E-state index in [1.807, 2.05) is 4.90 Å². The summed E-state index contributed by atoms with van der Waals surface area (Å²) in [6.45, 7) is 0.758. The minimum Gasteiger partial charge on any atom is -0.385 e. The van der Waals surface area contributed by atoms with Gasteiger partial charge in [0.25, 0.3) is 6.43 Å². The minimum absolute atomic E-state index is 0.00699. The molecule has 1 unspecified atom stereocenters. The smallest absolute Gasteiger partial charge is 0.265 e. The largest absolute Gasteiger partial charge is 0.385 e. The third kappa shape index (κ3) is 4.77. The highest BCUT2D eigenvalue weighted by molar-refractivity contribution is 6.29. The molecule has 4 aromatic rings. The Morgan fingerprint density at radius 1 is 1.16 bits per heavy atom. The van der Waals surface area contributed by atoms with E-state index in [1.165, 1.54) is 18.5 Å². The summed E-state index contributed by atoms with van der Waals surface area (Å²) in [5.74, 6) is -0.427. The third-order valence-corrected chi connectivity index (χ3v) is 6.79. The summed E-state index contributed by atoms with van der Waals surface area (Å²) in [5.41, 5.74) is 13.7. The zero-order valence-corrected chi connectivity index (χ0v) is 20.2. The number of aliphatic hydroxyl groups excluding tert-OH is 1. The Hall–Kier alpha value is -3.55. The first kappa shape index (κ1) is 25.1. The molecule has 14 heteroatoms. The predicted octanol–water partition coefficient (Wildman–Crippen LogP) is 2.63. The fourth-order valence-electron chi connectivity index (χ4n) is 4.61. The van der Waals surface area contributed by atoms with E-state index in [9.17, 15) is 18.3 Å². The van der Waals surface area contributed by atoms with Crippen molar-refractivity contribution < 1.29 is 18.3 Å². The number of hydrogen-bond donors (Lipinski definition) is 3. The number of nitrogens with zero attached hydrogens (tertiary/aromatic N) is 7. The lowest BCUT2D eigenvalue weighted by Gasteiger charge is -2.44. The van der Waals surface area contributed by atoms with E-state index in [4.69, 9.17) is 23.1 Å². The Labute approximate surface area is 214 Å². The molecule has 0 amide bonds. The van der Waals surface area contributed by atoms with Crippen molar-refractivity contribution in [3.05, 3.63) is 53.6 Å². The van der Waals surface area contributed by atoms with E-state index in [-0.39, 0.29) is 30.5 Å². The Morgan fingerprint density at radius 3 is 2.73 bits per heavy atom. The van der Waals surface area contributed by atoms with Gasteiger partial charge in [-0.3, -0.25) is 4.98 Å². The quantitative estimate of drug-likeness (QED) is 0.318. The number of hydrogen-bond acceptors (Lipinski definition) is 9. The van der Waals surface area contributed by atoms with Crippen LogP contribution < -0.4 is 16.4 Å². The van der Waals surface area contributed by atoms with E-state index in [0.717, 1.165) is 0 Å². The summed E-state index contributed by atoms with van der Waals surface area (Å²) in [4.78, 5) is 22.9. The molecule has 0 radical (unpaired) electrons. The second kappa shape index (κ2) is 9.72. The zero-order chi connectivity index (χ0) is 26.3. The maximum atomic E-state index is 13.7. The Bertz CT molecular complexity index is 1450. The van der Waals surface area contributed by atoms with E-state index >= 15 is 0 Å². The topological polar surface area (TPSA) is 145 Å². The molecule has 1 saturated heterocycles. The van der Waals surface area contributed by atoms with Crippen LogP contribution in [-0.4, -0.2) is 65.8 Å². The highest BCUT2D eigenvalue weighted by atomic mass is 35.5. The molecular formula is C23H23ClF3N9O. The van der Waals surface area contributed by atoms with Gasteiger partial charge in [0.15, 0.2) is 22.4 Å². The lowest BCUT2D eigenvalue weighted by Crippen LogP contribution is -2.63. The van der Waals surface area contributed by atoms with Gasteiger partial charge < -0.3 is 26.0 Å². The molecule has 1 aliphatic rings. The predicted molar refractivity (Wildman–Crippen MR) is 132 cm³/mol. The first-order valence-corrected chi connectivity index (χ1v) is 11.8. The van der Waals surface area contributed by atoms with Crippen LogP contribution in [0.2, 0.25) is 5.15 Å². The van der Waals surface area contributed by atoms with Gasteiger partial charge in [-0.25, -0.2) is 33.1 Å². The Morgan fingerprint density at radius 2 is 1.97 bits per heavy atom. The van der Waals surface area contributed by atoms with Crippen molar-refractivity contribution in [2.45, 2.75) is 37.5 Å². The first-order valence-electron chi connectivity index (χ1n) is 11.4. The van der Waals surface area contributed by atoms with Gasteiger partial charge in [-0.05, 0) is 36.6 Å². The highest BCUT2D eigenvalue weighted by Crippen LogP contribution is 2.33. The Kier molecular flexibility index (Phi) is 6.60. The number of halogens is 4. The van der Waals surface area contributed by atoms with Crippen LogP contribution in [0.5, 0.6) is 0 Å². The molecule has 1 aliphatic heterocycles. The van der Waals surface area contributed by atoms with Gasteiger partial charge >= 0.3 is 0 Å². The number of piperidine rings is 1. The van der Waals surface area contributed by atoms with Crippen LogP contribution >= 0.6 is 11.6 Å². The molecule has 0 aromatic carbocycles. The van der Waals surface area contributed by atoms with Gasteiger partial charge in [0, 0.05) is 13.1 Å². The molecule has 0 saturated carbocycles. The molecule has 0 bridgehead atoms. The van der Waals surface area contributed by atoms with Gasteiger partial charge in [0.1, 0.15) is 17.9 Å². The summed E-state index contributed by atoms with van der Waals surface area (Å²) in [7, 11) is 0. The number of anilines is 2. The summed E-state index contributed by atoms with van der Waals surface area (Å²) >= 11 is 5.88. The SMILES string of the molecule is Nc1ncnc2c1ncn2Cc1cc(-c2ccc(F)c(Cl)n2)ncc1N1CCC[C@](N)(C(O)C(F)F)C1. The number of nitrogen functional groups attached to an aromatic ring is 1. The minimum atomic E-state index is -2.97. The van der Waals surface area contributed by atoms with E-state index in [1.54, 1.807) is 23.2 Å². The van der Waals surface area contributed by atoms with Crippen molar-refractivity contribution >= 4 is 34.3 Å². The number of imidazole rings is 1. The summed E-state index contributed by atoms with van der Waals surface area (Å²) in [6, 6.07) is 4.40. The van der Waals surface area contributed by atoms with Crippen molar-refractivity contribution in [1.82, 2.24) is 29.5 Å². The van der Waals surface area contributed by atoms with Gasteiger partial charge in [0.2, 0.25) is 0 Å². The van der Waals surface area contributed by atoms with E-state index < -0.39 is 23.9 Å². The molecule has 4 aromatic heterocycles. The number of aromatic nitrogens is 6. The molecular weight excluding hydrogens is 511 g/mol. The van der Waals surface area contributed by atoms with Gasteiger partial charge in [-0.15, -0.1) is 0 Å². The molecule has 10 nitrogen and oxygen atoms in total. The van der Waals surface area contributed by atoms with Crippen LogP contribution in [0.1, 0.15) is 18.4 Å². The molecule has 5 N–H and O–H groups in total. The van der Waals surface area contributed by atoms with E-state index in [2.05, 4.69) is 24.9 Å².